The summed E-state index contributed by atoms with van der Waals surface area (Å²) in [5, 5.41) is 17.8. The van der Waals surface area contributed by atoms with Gasteiger partial charge in [-0.1, -0.05) is 26.8 Å². The van der Waals surface area contributed by atoms with Gasteiger partial charge >= 0.3 is 11.9 Å². The standard InChI is InChI=1S/C13H14O5/c1-13(2,3)10(14)7-4-5-8(11(15)16)9(6-7)12(17)18/h4-6H,1-3H3,(H,15,16)(H,17,18). The summed E-state index contributed by atoms with van der Waals surface area (Å²) < 4.78 is 0. The fourth-order valence-corrected chi connectivity index (χ4v) is 1.48. The highest BCUT2D eigenvalue weighted by molar-refractivity contribution is 6.06. The van der Waals surface area contributed by atoms with E-state index < -0.39 is 17.4 Å². The predicted octanol–water partition coefficient (Wildman–Crippen LogP) is 2.31. The van der Waals surface area contributed by atoms with Crippen LogP contribution in [0.1, 0.15) is 51.8 Å². The van der Waals surface area contributed by atoms with Crippen molar-refractivity contribution in [1.29, 1.82) is 0 Å². The lowest BCUT2D eigenvalue weighted by atomic mass is 9.85. The van der Waals surface area contributed by atoms with Crippen LogP contribution >= 0.6 is 0 Å². The number of hydrogen-bond acceptors (Lipinski definition) is 3. The number of carboxylic acids is 2. The van der Waals surface area contributed by atoms with Crippen molar-refractivity contribution in [2.75, 3.05) is 0 Å². The Morgan fingerprint density at radius 3 is 1.83 bits per heavy atom. The maximum atomic E-state index is 12.0. The number of benzene rings is 1. The zero-order valence-electron chi connectivity index (χ0n) is 10.4. The van der Waals surface area contributed by atoms with Gasteiger partial charge in [0.15, 0.2) is 5.78 Å². The van der Waals surface area contributed by atoms with E-state index in [1.807, 2.05) is 0 Å². The highest BCUT2D eigenvalue weighted by Gasteiger charge is 2.25. The van der Waals surface area contributed by atoms with E-state index in [9.17, 15) is 14.4 Å². The Morgan fingerprint density at radius 2 is 1.44 bits per heavy atom. The number of Topliss-reactive ketones (excluding diaryl/α,β-unsaturated/α-hetero) is 1. The molecule has 0 aliphatic heterocycles. The summed E-state index contributed by atoms with van der Waals surface area (Å²) in [6.45, 7) is 5.13. The number of carboxylic acid groups (broad SMARTS) is 2. The van der Waals surface area contributed by atoms with Gasteiger partial charge in [0.2, 0.25) is 0 Å². The summed E-state index contributed by atoms with van der Waals surface area (Å²) in [5.74, 6) is -2.93. The molecule has 0 bridgehead atoms. The van der Waals surface area contributed by atoms with Gasteiger partial charge in [-0.15, -0.1) is 0 Å². The number of ketones is 1. The van der Waals surface area contributed by atoms with Gasteiger partial charge in [0.25, 0.3) is 0 Å². The summed E-state index contributed by atoms with van der Waals surface area (Å²) in [4.78, 5) is 33.8. The summed E-state index contributed by atoms with van der Waals surface area (Å²) in [5.41, 5.74) is -1.16. The van der Waals surface area contributed by atoms with E-state index in [2.05, 4.69) is 0 Å². The first-order valence-electron chi connectivity index (χ1n) is 5.30. The Kier molecular flexibility index (Phi) is 3.55. The van der Waals surface area contributed by atoms with Gasteiger partial charge in [-0.25, -0.2) is 9.59 Å². The normalized spacial score (nSPS) is 11.1. The first kappa shape index (κ1) is 13.9. The van der Waals surface area contributed by atoms with Crippen LogP contribution in [0.15, 0.2) is 18.2 Å². The van der Waals surface area contributed by atoms with Crippen LogP contribution in [-0.2, 0) is 0 Å². The molecule has 96 valence electrons. The fourth-order valence-electron chi connectivity index (χ4n) is 1.48. The summed E-state index contributed by atoms with van der Waals surface area (Å²) in [6.07, 6.45) is 0. The molecule has 0 unspecified atom stereocenters. The van der Waals surface area contributed by atoms with Crippen molar-refractivity contribution < 1.29 is 24.6 Å². The zero-order valence-corrected chi connectivity index (χ0v) is 10.4. The number of hydrogen-bond donors (Lipinski definition) is 2. The molecule has 5 nitrogen and oxygen atoms in total. The molecule has 1 aromatic carbocycles. The second-order valence-corrected chi connectivity index (χ2v) is 4.95. The quantitative estimate of drug-likeness (QED) is 0.803. The molecule has 18 heavy (non-hydrogen) atoms. The highest BCUT2D eigenvalue weighted by atomic mass is 16.4. The van der Waals surface area contributed by atoms with Crippen LogP contribution in [0, 0.1) is 5.41 Å². The van der Waals surface area contributed by atoms with Crippen molar-refractivity contribution in [3.05, 3.63) is 34.9 Å². The van der Waals surface area contributed by atoms with Crippen LogP contribution in [0.2, 0.25) is 0 Å². The lowest BCUT2D eigenvalue weighted by molar-refractivity contribution is 0.0651. The van der Waals surface area contributed by atoms with E-state index in [0.29, 0.717) is 0 Å². The molecule has 0 radical (unpaired) electrons. The fraction of sp³-hybridized carbons (Fsp3) is 0.308. The van der Waals surface area contributed by atoms with Crippen LogP contribution < -0.4 is 0 Å². The molecule has 0 saturated carbocycles. The van der Waals surface area contributed by atoms with Gasteiger partial charge < -0.3 is 10.2 Å². The minimum absolute atomic E-state index is 0.199. The van der Waals surface area contributed by atoms with E-state index in [0.717, 1.165) is 12.1 Å². The molecule has 1 aromatic rings. The first-order valence-corrected chi connectivity index (χ1v) is 5.30. The van der Waals surface area contributed by atoms with Crippen LogP contribution in [0.25, 0.3) is 0 Å². The number of rotatable bonds is 3. The summed E-state index contributed by atoms with van der Waals surface area (Å²) in [7, 11) is 0. The van der Waals surface area contributed by atoms with Gasteiger partial charge in [-0.05, 0) is 12.1 Å². The van der Waals surface area contributed by atoms with Gasteiger partial charge in [-0.2, -0.15) is 0 Å². The molecule has 0 aliphatic rings. The summed E-state index contributed by atoms with van der Waals surface area (Å²) >= 11 is 0. The molecule has 2 N–H and O–H groups in total. The van der Waals surface area contributed by atoms with Crippen molar-refractivity contribution in [1.82, 2.24) is 0 Å². The Bertz CT molecular complexity index is 523. The van der Waals surface area contributed by atoms with Crippen molar-refractivity contribution in [3.63, 3.8) is 0 Å². The second kappa shape index (κ2) is 4.60. The van der Waals surface area contributed by atoms with Crippen molar-refractivity contribution >= 4 is 17.7 Å². The van der Waals surface area contributed by atoms with Crippen LogP contribution in [-0.4, -0.2) is 27.9 Å². The Hall–Kier alpha value is -2.17. The number of carbonyl (C=O) groups excluding carboxylic acids is 1. The molecule has 0 heterocycles. The minimum atomic E-state index is -1.36. The average molecular weight is 250 g/mol. The molecule has 1 rings (SSSR count). The highest BCUT2D eigenvalue weighted by Crippen LogP contribution is 2.22. The van der Waals surface area contributed by atoms with Crippen molar-refractivity contribution in [3.8, 4) is 0 Å². The monoisotopic (exact) mass is 250 g/mol. The van der Waals surface area contributed by atoms with Gasteiger partial charge in [0, 0.05) is 11.0 Å². The van der Waals surface area contributed by atoms with E-state index in [4.69, 9.17) is 10.2 Å². The lowest BCUT2D eigenvalue weighted by Crippen LogP contribution is -2.21. The third kappa shape index (κ3) is 2.74. The molecule has 0 amide bonds. The Labute approximate surface area is 104 Å². The second-order valence-electron chi connectivity index (χ2n) is 4.95. The SMILES string of the molecule is CC(C)(C)C(=O)c1ccc(C(=O)O)c(C(=O)O)c1. The van der Waals surface area contributed by atoms with E-state index >= 15 is 0 Å². The number of aromatic carboxylic acids is 2. The largest absolute Gasteiger partial charge is 0.478 e. The Balaban J connectivity index is 3.37. The van der Waals surface area contributed by atoms with Crippen LogP contribution in [0.4, 0.5) is 0 Å². The van der Waals surface area contributed by atoms with E-state index in [-0.39, 0.29) is 22.5 Å². The third-order valence-corrected chi connectivity index (χ3v) is 2.42. The van der Waals surface area contributed by atoms with Gasteiger partial charge in [0.1, 0.15) is 0 Å². The summed E-state index contributed by atoms with van der Waals surface area (Å²) in [6, 6.07) is 3.59. The molecule has 0 saturated heterocycles. The van der Waals surface area contributed by atoms with Gasteiger partial charge in [-0.3, -0.25) is 4.79 Å². The van der Waals surface area contributed by atoms with Gasteiger partial charge in [0.05, 0.1) is 11.1 Å². The maximum Gasteiger partial charge on any atom is 0.336 e. The maximum absolute atomic E-state index is 12.0. The minimum Gasteiger partial charge on any atom is -0.478 e. The first-order chi connectivity index (χ1) is 8.14. The molecule has 0 atom stereocenters. The topological polar surface area (TPSA) is 91.7 Å². The molecule has 0 aliphatic carbocycles. The lowest BCUT2D eigenvalue weighted by Gasteiger charge is -2.17. The molecule has 5 heteroatoms. The molecule has 0 aromatic heterocycles. The Morgan fingerprint density at radius 1 is 0.944 bits per heavy atom. The van der Waals surface area contributed by atoms with Crippen molar-refractivity contribution in [2.24, 2.45) is 5.41 Å². The number of carbonyl (C=O) groups is 3. The molecule has 0 spiro atoms. The molecule has 0 fully saturated rings. The average Bonchev–Trinajstić information content (AvgIpc) is 2.25. The molecular weight excluding hydrogens is 236 g/mol. The zero-order chi connectivity index (χ0) is 14.1. The predicted molar refractivity (Wildman–Crippen MR) is 64.1 cm³/mol. The van der Waals surface area contributed by atoms with Crippen molar-refractivity contribution in [2.45, 2.75) is 20.8 Å². The van der Waals surface area contributed by atoms with Crippen LogP contribution in [0.3, 0.4) is 0 Å². The third-order valence-electron chi connectivity index (χ3n) is 2.42. The van der Waals surface area contributed by atoms with Crippen LogP contribution in [0.5, 0.6) is 0 Å². The smallest absolute Gasteiger partial charge is 0.336 e. The van der Waals surface area contributed by atoms with E-state index in [1.165, 1.54) is 6.07 Å². The molecular formula is C13H14O5. The van der Waals surface area contributed by atoms with E-state index in [1.54, 1.807) is 20.8 Å².